The Morgan fingerprint density at radius 3 is 2.95 bits per heavy atom. The number of pyridine rings is 1. The molecule has 0 radical (unpaired) electrons. The largest absolute Gasteiger partial charge is 0.333 e. The second-order valence-electron chi connectivity index (χ2n) is 5.70. The number of hydrogen-bond acceptors (Lipinski definition) is 3. The van der Waals surface area contributed by atoms with Crippen LogP contribution >= 0.6 is 0 Å². The molecule has 0 bridgehead atoms. The molecule has 0 saturated carbocycles. The van der Waals surface area contributed by atoms with E-state index in [0.717, 1.165) is 30.8 Å². The summed E-state index contributed by atoms with van der Waals surface area (Å²) in [6, 6.07) is 12.1. The number of aromatic nitrogens is 1. The Bertz CT molecular complexity index is 642. The van der Waals surface area contributed by atoms with Gasteiger partial charge in [0.15, 0.2) is 0 Å². The third-order valence-corrected chi connectivity index (χ3v) is 4.24. The van der Waals surface area contributed by atoms with Crippen molar-refractivity contribution in [3.63, 3.8) is 0 Å². The van der Waals surface area contributed by atoms with Crippen LogP contribution in [0.2, 0.25) is 0 Å². The molecule has 1 atom stereocenters. The van der Waals surface area contributed by atoms with Crippen molar-refractivity contribution in [2.24, 2.45) is 0 Å². The molecule has 1 N–H and O–H groups in total. The first kappa shape index (κ1) is 14.7. The molecule has 4 nitrogen and oxygen atoms in total. The lowest BCUT2D eigenvalue weighted by Gasteiger charge is -2.36. The van der Waals surface area contributed by atoms with Gasteiger partial charge in [-0.15, -0.1) is 0 Å². The van der Waals surface area contributed by atoms with Crippen LogP contribution in [0.25, 0.3) is 0 Å². The molecule has 1 aliphatic heterocycles. The highest BCUT2D eigenvalue weighted by molar-refractivity contribution is 5.79. The lowest BCUT2D eigenvalue weighted by molar-refractivity contribution is -0.133. The molecule has 1 aliphatic rings. The van der Waals surface area contributed by atoms with E-state index in [0.29, 0.717) is 6.42 Å². The highest BCUT2D eigenvalue weighted by Crippen LogP contribution is 2.22. The van der Waals surface area contributed by atoms with E-state index in [1.807, 2.05) is 41.4 Å². The number of carbonyl (C=O) groups excluding carboxylic acids is 1. The van der Waals surface area contributed by atoms with E-state index >= 15 is 0 Å². The van der Waals surface area contributed by atoms with Gasteiger partial charge in [0.2, 0.25) is 5.91 Å². The van der Waals surface area contributed by atoms with Crippen molar-refractivity contribution >= 4 is 5.91 Å². The van der Waals surface area contributed by atoms with Crippen LogP contribution < -0.4 is 5.32 Å². The van der Waals surface area contributed by atoms with Crippen molar-refractivity contribution in [1.82, 2.24) is 15.2 Å². The molecule has 22 heavy (non-hydrogen) atoms. The fraction of sp³-hybridized carbons (Fsp3) is 0.333. The standard InChI is InChI=1S/C18H21N3O/c1-14-5-2-3-6-15(14)11-18(22)21-10-9-20-13-17(21)16-7-4-8-19-12-16/h2-8,12,17,20H,9-11,13H2,1H3. The van der Waals surface area contributed by atoms with E-state index < -0.39 is 0 Å². The average Bonchev–Trinajstić information content (AvgIpc) is 2.58. The van der Waals surface area contributed by atoms with Gasteiger partial charge in [0.25, 0.3) is 0 Å². The number of amides is 1. The van der Waals surface area contributed by atoms with Crippen LogP contribution in [-0.4, -0.2) is 35.4 Å². The number of aryl methyl sites for hydroxylation is 1. The van der Waals surface area contributed by atoms with Gasteiger partial charge in [-0.05, 0) is 29.7 Å². The smallest absolute Gasteiger partial charge is 0.227 e. The number of carbonyl (C=O) groups is 1. The monoisotopic (exact) mass is 295 g/mol. The van der Waals surface area contributed by atoms with Gasteiger partial charge >= 0.3 is 0 Å². The maximum absolute atomic E-state index is 12.8. The second kappa shape index (κ2) is 6.71. The van der Waals surface area contributed by atoms with E-state index in [-0.39, 0.29) is 11.9 Å². The molecule has 2 aromatic rings. The maximum atomic E-state index is 12.8. The van der Waals surface area contributed by atoms with E-state index in [1.165, 1.54) is 5.56 Å². The molecular formula is C18H21N3O. The number of rotatable bonds is 3. The van der Waals surface area contributed by atoms with E-state index in [1.54, 1.807) is 6.20 Å². The normalized spacial score (nSPS) is 18.2. The van der Waals surface area contributed by atoms with Crippen LogP contribution in [0.15, 0.2) is 48.8 Å². The van der Waals surface area contributed by atoms with Crippen molar-refractivity contribution in [3.05, 3.63) is 65.5 Å². The molecule has 1 fully saturated rings. The number of piperazine rings is 1. The summed E-state index contributed by atoms with van der Waals surface area (Å²) in [5, 5.41) is 3.37. The van der Waals surface area contributed by atoms with E-state index in [9.17, 15) is 4.79 Å². The minimum absolute atomic E-state index is 0.0685. The summed E-state index contributed by atoms with van der Waals surface area (Å²) in [6.07, 6.45) is 4.08. The minimum Gasteiger partial charge on any atom is -0.333 e. The SMILES string of the molecule is Cc1ccccc1CC(=O)N1CCNCC1c1cccnc1. The summed E-state index contributed by atoms with van der Waals surface area (Å²) in [6.45, 7) is 4.42. The molecule has 1 aromatic heterocycles. The van der Waals surface area contributed by atoms with Gasteiger partial charge in [-0.2, -0.15) is 0 Å². The van der Waals surface area contributed by atoms with Crippen molar-refractivity contribution in [2.75, 3.05) is 19.6 Å². The van der Waals surface area contributed by atoms with E-state index in [4.69, 9.17) is 0 Å². The number of hydrogen-bond donors (Lipinski definition) is 1. The molecular weight excluding hydrogens is 274 g/mol. The molecule has 4 heteroatoms. The Hall–Kier alpha value is -2.20. The first-order valence-corrected chi connectivity index (χ1v) is 7.70. The van der Waals surface area contributed by atoms with Crippen molar-refractivity contribution in [2.45, 2.75) is 19.4 Å². The molecule has 0 aliphatic carbocycles. The summed E-state index contributed by atoms with van der Waals surface area (Å²) in [5.74, 6) is 0.185. The topological polar surface area (TPSA) is 45.2 Å². The van der Waals surface area contributed by atoms with Crippen LogP contribution in [0.5, 0.6) is 0 Å². The van der Waals surface area contributed by atoms with Crippen molar-refractivity contribution in [1.29, 1.82) is 0 Å². The fourth-order valence-electron chi connectivity index (χ4n) is 2.95. The Kier molecular flexibility index (Phi) is 4.49. The minimum atomic E-state index is 0.0685. The molecule has 1 aromatic carbocycles. The molecule has 1 unspecified atom stereocenters. The summed E-state index contributed by atoms with van der Waals surface area (Å²) in [5.41, 5.74) is 3.37. The fourth-order valence-corrected chi connectivity index (χ4v) is 2.95. The maximum Gasteiger partial charge on any atom is 0.227 e. The zero-order chi connectivity index (χ0) is 15.4. The second-order valence-corrected chi connectivity index (χ2v) is 5.70. The zero-order valence-corrected chi connectivity index (χ0v) is 12.8. The van der Waals surface area contributed by atoms with Gasteiger partial charge in [-0.1, -0.05) is 30.3 Å². The Morgan fingerprint density at radius 1 is 1.32 bits per heavy atom. The predicted molar refractivity (Wildman–Crippen MR) is 86.4 cm³/mol. The molecule has 1 saturated heterocycles. The molecule has 3 rings (SSSR count). The van der Waals surface area contributed by atoms with Crippen molar-refractivity contribution < 1.29 is 4.79 Å². The highest BCUT2D eigenvalue weighted by Gasteiger charge is 2.27. The molecule has 2 heterocycles. The third-order valence-electron chi connectivity index (χ3n) is 4.24. The number of nitrogens with zero attached hydrogens (tertiary/aromatic N) is 2. The quantitative estimate of drug-likeness (QED) is 0.943. The zero-order valence-electron chi connectivity index (χ0n) is 12.8. The van der Waals surface area contributed by atoms with Gasteiger partial charge in [-0.3, -0.25) is 9.78 Å². The summed E-state index contributed by atoms with van der Waals surface area (Å²) < 4.78 is 0. The van der Waals surface area contributed by atoms with Gasteiger partial charge in [-0.25, -0.2) is 0 Å². The van der Waals surface area contributed by atoms with Crippen LogP contribution in [0, 0.1) is 6.92 Å². The van der Waals surface area contributed by atoms with Crippen LogP contribution in [0.3, 0.4) is 0 Å². The van der Waals surface area contributed by atoms with Gasteiger partial charge in [0.05, 0.1) is 12.5 Å². The average molecular weight is 295 g/mol. The van der Waals surface area contributed by atoms with Crippen LogP contribution in [0.1, 0.15) is 22.7 Å². The number of benzene rings is 1. The van der Waals surface area contributed by atoms with Gasteiger partial charge in [0.1, 0.15) is 0 Å². The summed E-state index contributed by atoms with van der Waals surface area (Å²) in [7, 11) is 0. The predicted octanol–water partition coefficient (Wildman–Crippen LogP) is 2.11. The molecule has 114 valence electrons. The van der Waals surface area contributed by atoms with Gasteiger partial charge < -0.3 is 10.2 Å². The van der Waals surface area contributed by atoms with Crippen LogP contribution in [0.4, 0.5) is 0 Å². The number of nitrogens with one attached hydrogen (secondary N) is 1. The lowest BCUT2D eigenvalue weighted by Crippen LogP contribution is -2.49. The summed E-state index contributed by atoms with van der Waals surface area (Å²) in [4.78, 5) is 19.0. The van der Waals surface area contributed by atoms with Crippen LogP contribution in [-0.2, 0) is 11.2 Å². The lowest BCUT2D eigenvalue weighted by atomic mass is 10.0. The third kappa shape index (κ3) is 3.17. The Labute approximate surface area is 131 Å². The van der Waals surface area contributed by atoms with Crippen molar-refractivity contribution in [3.8, 4) is 0 Å². The summed E-state index contributed by atoms with van der Waals surface area (Å²) >= 11 is 0. The highest BCUT2D eigenvalue weighted by atomic mass is 16.2. The van der Waals surface area contributed by atoms with E-state index in [2.05, 4.69) is 23.3 Å². The van der Waals surface area contributed by atoms with Gasteiger partial charge in [0, 0.05) is 32.0 Å². The molecule has 0 spiro atoms. The molecule has 1 amide bonds. The first-order valence-electron chi connectivity index (χ1n) is 7.70. The Balaban J connectivity index is 1.79. The first-order chi connectivity index (χ1) is 10.8. The Morgan fingerprint density at radius 2 is 2.18 bits per heavy atom.